The summed E-state index contributed by atoms with van der Waals surface area (Å²) in [6.07, 6.45) is 4.10. The van der Waals surface area contributed by atoms with Gasteiger partial charge < -0.3 is 15.8 Å². The number of rotatable bonds is 3. The molecule has 0 bridgehead atoms. The summed E-state index contributed by atoms with van der Waals surface area (Å²) < 4.78 is 6.09. The van der Waals surface area contributed by atoms with Crippen molar-refractivity contribution in [2.75, 3.05) is 0 Å². The van der Waals surface area contributed by atoms with E-state index in [2.05, 4.69) is 5.32 Å². The largest absolute Gasteiger partial charge is 0.427 e. The lowest BCUT2D eigenvalue weighted by Gasteiger charge is -2.29. The van der Waals surface area contributed by atoms with Crippen LogP contribution in [0, 0.1) is 0 Å². The van der Waals surface area contributed by atoms with Gasteiger partial charge in [0.2, 0.25) is 0 Å². The van der Waals surface area contributed by atoms with Gasteiger partial charge in [0.05, 0.1) is 5.56 Å². The molecule has 1 aliphatic rings. The second-order valence-electron chi connectivity index (χ2n) is 5.93. The molecule has 3 rings (SSSR count). The number of ether oxygens (including phenoxy) is 1. The van der Waals surface area contributed by atoms with Gasteiger partial charge in [-0.05, 0) is 31.0 Å². The highest BCUT2D eigenvalue weighted by Crippen LogP contribution is 2.30. The Morgan fingerprint density at radius 2 is 2.09 bits per heavy atom. The third kappa shape index (κ3) is 3.54. The van der Waals surface area contributed by atoms with E-state index in [0.717, 1.165) is 35.8 Å². The fourth-order valence-electron chi connectivity index (χ4n) is 3.00. The van der Waals surface area contributed by atoms with E-state index in [4.69, 9.17) is 10.5 Å². The van der Waals surface area contributed by atoms with Gasteiger partial charge in [-0.2, -0.15) is 0 Å². The molecular formula is C17H20N2O3S. The quantitative estimate of drug-likeness (QED) is 0.669. The smallest absolute Gasteiger partial charge is 0.308 e. The Hall–Kier alpha value is -1.92. The minimum Gasteiger partial charge on any atom is -0.427 e. The predicted octanol–water partition coefficient (Wildman–Crippen LogP) is 2.83. The fourth-order valence-corrected chi connectivity index (χ4v) is 3.92. The van der Waals surface area contributed by atoms with Crippen LogP contribution in [0.4, 0.5) is 0 Å². The molecule has 5 nitrogen and oxygen atoms in total. The Morgan fingerprint density at radius 1 is 1.30 bits per heavy atom. The summed E-state index contributed by atoms with van der Waals surface area (Å²) >= 11 is 1.50. The molecular weight excluding hydrogens is 312 g/mol. The Labute approximate surface area is 138 Å². The van der Waals surface area contributed by atoms with Gasteiger partial charge in [0.25, 0.3) is 5.91 Å². The van der Waals surface area contributed by atoms with Crippen LogP contribution in [-0.2, 0) is 4.79 Å². The minimum absolute atomic E-state index is 0.0224. The Kier molecular flexibility index (Phi) is 4.63. The molecule has 1 aromatic carbocycles. The van der Waals surface area contributed by atoms with Crippen LogP contribution in [0.15, 0.2) is 23.6 Å². The van der Waals surface area contributed by atoms with Crippen LogP contribution in [0.5, 0.6) is 5.75 Å². The molecule has 1 saturated carbocycles. The lowest BCUT2D eigenvalue weighted by atomic mass is 9.91. The summed E-state index contributed by atoms with van der Waals surface area (Å²) in [5.41, 5.74) is 6.71. The molecule has 0 radical (unpaired) electrons. The van der Waals surface area contributed by atoms with Crippen molar-refractivity contribution in [3.8, 4) is 5.75 Å². The van der Waals surface area contributed by atoms with Gasteiger partial charge in [0, 0.05) is 34.5 Å². The lowest BCUT2D eigenvalue weighted by Crippen LogP contribution is -2.49. The van der Waals surface area contributed by atoms with E-state index < -0.39 is 0 Å². The Morgan fingerprint density at radius 3 is 2.83 bits per heavy atom. The number of amides is 1. The van der Waals surface area contributed by atoms with Gasteiger partial charge in [0.1, 0.15) is 5.75 Å². The minimum atomic E-state index is -0.376. The molecule has 0 spiro atoms. The van der Waals surface area contributed by atoms with Crippen molar-refractivity contribution in [2.45, 2.75) is 44.7 Å². The average molecular weight is 332 g/mol. The number of hydrogen-bond donors (Lipinski definition) is 2. The third-order valence-electron chi connectivity index (χ3n) is 4.19. The summed E-state index contributed by atoms with van der Waals surface area (Å²) in [6, 6.07) is 5.39. The zero-order chi connectivity index (χ0) is 16.4. The van der Waals surface area contributed by atoms with E-state index >= 15 is 0 Å². The first-order valence-corrected chi connectivity index (χ1v) is 8.68. The standard InChI is InChI=1S/C17H20N2O3S/c1-10(20)22-11-6-7-16-12(8-11)13(9-23-16)17(21)19-15-5-3-2-4-14(15)18/h6-9,14-15H,2-5,18H2,1H3,(H,19,21). The predicted molar refractivity (Wildman–Crippen MR) is 90.8 cm³/mol. The van der Waals surface area contributed by atoms with Crippen LogP contribution in [-0.4, -0.2) is 24.0 Å². The highest BCUT2D eigenvalue weighted by molar-refractivity contribution is 7.17. The number of thiophene rings is 1. The van der Waals surface area contributed by atoms with E-state index in [1.807, 2.05) is 11.4 Å². The van der Waals surface area contributed by atoms with Crippen LogP contribution >= 0.6 is 11.3 Å². The number of benzene rings is 1. The highest BCUT2D eigenvalue weighted by Gasteiger charge is 2.24. The first kappa shape index (κ1) is 16.0. The molecule has 0 aliphatic heterocycles. The molecule has 6 heteroatoms. The van der Waals surface area contributed by atoms with Gasteiger partial charge in [-0.1, -0.05) is 12.8 Å². The zero-order valence-electron chi connectivity index (χ0n) is 13.0. The van der Waals surface area contributed by atoms with Gasteiger partial charge in [-0.3, -0.25) is 9.59 Å². The second-order valence-corrected chi connectivity index (χ2v) is 6.84. The van der Waals surface area contributed by atoms with Crippen molar-refractivity contribution in [3.63, 3.8) is 0 Å². The molecule has 0 saturated heterocycles. The van der Waals surface area contributed by atoms with Crippen molar-refractivity contribution in [1.82, 2.24) is 5.32 Å². The highest BCUT2D eigenvalue weighted by atomic mass is 32.1. The molecule has 2 aromatic rings. The Bertz CT molecular complexity index is 741. The van der Waals surface area contributed by atoms with Crippen molar-refractivity contribution in [2.24, 2.45) is 5.73 Å². The first-order valence-electron chi connectivity index (χ1n) is 7.80. The van der Waals surface area contributed by atoms with Crippen LogP contribution in [0.25, 0.3) is 10.1 Å². The number of esters is 1. The van der Waals surface area contributed by atoms with Crippen LogP contribution in [0.3, 0.4) is 0 Å². The third-order valence-corrected chi connectivity index (χ3v) is 5.15. The topological polar surface area (TPSA) is 81.4 Å². The van der Waals surface area contributed by atoms with Gasteiger partial charge in [-0.15, -0.1) is 11.3 Å². The molecule has 122 valence electrons. The number of fused-ring (bicyclic) bond motifs is 1. The van der Waals surface area contributed by atoms with Gasteiger partial charge >= 0.3 is 5.97 Å². The molecule has 1 amide bonds. The van der Waals surface area contributed by atoms with Crippen LogP contribution < -0.4 is 15.8 Å². The van der Waals surface area contributed by atoms with Gasteiger partial charge in [-0.25, -0.2) is 0 Å². The fraction of sp³-hybridized carbons (Fsp3) is 0.412. The maximum absolute atomic E-state index is 12.6. The first-order chi connectivity index (χ1) is 11.0. The number of hydrogen-bond acceptors (Lipinski definition) is 5. The van der Waals surface area contributed by atoms with E-state index in [-0.39, 0.29) is 24.0 Å². The summed E-state index contributed by atoms with van der Waals surface area (Å²) in [5, 5.41) is 5.70. The normalized spacial score (nSPS) is 21.1. The molecule has 2 atom stereocenters. The zero-order valence-corrected chi connectivity index (χ0v) is 13.8. The van der Waals surface area contributed by atoms with Crippen molar-refractivity contribution < 1.29 is 14.3 Å². The maximum Gasteiger partial charge on any atom is 0.308 e. The summed E-state index contributed by atoms with van der Waals surface area (Å²) in [5.74, 6) is -0.0378. The van der Waals surface area contributed by atoms with E-state index in [1.54, 1.807) is 12.1 Å². The number of nitrogens with one attached hydrogen (secondary N) is 1. The molecule has 1 aliphatic carbocycles. The van der Waals surface area contributed by atoms with Gasteiger partial charge in [0.15, 0.2) is 0 Å². The van der Waals surface area contributed by atoms with Crippen molar-refractivity contribution >= 4 is 33.3 Å². The molecule has 1 heterocycles. The summed E-state index contributed by atoms with van der Waals surface area (Å²) in [4.78, 5) is 23.7. The van der Waals surface area contributed by atoms with E-state index in [9.17, 15) is 9.59 Å². The number of carbonyl (C=O) groups excluding carboxylic acids is 2. The summed E-state index contributed by atoms with van der Waals surface area (Å²) in [7, 11) is 0. The molecule has 23 heavy (non-hydrogen) atoms. The monoisotopic (exact) mass is 332 g/mol. The average Bonchev–Trinajstić information content (AvgIpc) is 2.92. The SMILES string of the molecule is CC(=O)Oc1ccc2scc(C(=O)NC3CCCCC3N)c2c1. The molecule has 3 N–H and O–H groups in total. The summed E-state index contributed by atoms with van der Waals surface area (Å²) in [6.45, 7) is 1.36. The van der Waals surface area contributed by atoms with E-state index in [1.165, 1.54) is 18.3 Å². The number of carbonyl (C=O) groups is 2. The second kappa shape index (κ2) is 6.68. The molecule has 2 unspecified atom stereocenters. The van der Waals surface area contributed by atoms with Crippen LogP contribution in [0.2, 0.25) is 0 Å². The van der Waals surface area contributed by atoms with Crippen molar-refractivity contribution in [1.29, 1.82) is 0 Å². The van der Waals surface area contributed by atoms with E-state index in [0.29, 0.717) is 11.3 Å². The number of nitrogens with two attached hydrogens (primary N) is 1. The lowest BCUT2D eigenvalue weighted by molar-refractivity contribution is -0.131. The molecule has 1 fully saturated rings. The van der Waals surface area contributed by atoms with Crippen LogP contribution in [0.1, 0.15) is 43.0 Å². The maximum atomic E-state index is 12.6. The molecule has 1 aromatic heterocycles. The Balaban J connectivity index is 1.83. The van der Waals surface area contributed by atoms with Crippen molar-refractivity contribution in [3.05, 3.63) is 29.1 Å².